The highest BCUT2D eigenvalue weighted by Crippen LogP contribution is 2.23. The van der Waals surface area contributed by atoms with E-state index in [4.69, 9.17) is 9.52 Å². The van der Waals surface area contributed by atoms with E-state index in [9.17, 15) is 14.0 Å². The van der Waals surface area contributed by atoms with Gasteiger partial charge in [0, 0.05) is 17.3 Å². The largest absolute Gasteiger partial charge is 0.478 e. The van der Waals surface area contributed by atoms with Gasteiger partial charge in [0.2, 0.25) is 5.91 Å². The van der Waals surface area contributed by atoms with E-state index in [-0.39, 0.29) is 17.3 Å². The van der Waals surface area contributed by atoms with Gasteiger partial charge < -0.3 is 14.8 Å². The molecule has 2 aromatic carbocycles. The molecule has 27 heavy (non-hydrogen) atoms. The van der Waals surface area contributed by atoms with E-state index >= 15 is 0 Å². The van der Waals surface area contributed by atoms with Crippen molar-refractivity contribution in [3.63, 3.8) is 0 Å². The fourth-order valence-electron chi connectivity index (χ4n) is 2.48. The lowest BCUT2D eigenvalue weighted by Gasteiger charge is -2.07. The fourth-order valence-corrected chi connectivity index (χ4v) is 2.48. The number of halogens is 1. The predicted octanol–water partition coefficient (Wildman–Crippen LogP) is 4.74. The Balaban J connectivity index is 1.67. The normalized spacial score (nSPS) is 10.9. The Hall–Kier alpha value is -3.67. The topological polar surface area (TPSA) is 79.5 Å². The Bertz CT molecular complexity index is 1020. The molecule has 0 aliphatic carbocycles. The molecular weight excluding hydrogens is 349 g/mol. The van der Waals surface area contributed by atoms with Gasteiger partial charge in [-0.3, -0.25) is 4.79 Å². The standard InChI is InChI=1S/C21H16FNO4/c1-13-12-15(21(25)26)4-9-18(13)23-20(24)11-8-17-7-10-19(27-17)14-2-5-16(22)6-3-14/h2-12H,1H3,(H,23,24)(H,25,26)/b11-8+. The lowest BCUT2D eigenvalue weighted by atomic mass is 10.1. The maximum atomic E-state index is 13.0. The van der Waals surface area contributed by atoms with Crippen molar-refractivity contribution in [2.24, 2.45) is 0 Å². The average molecular weight is 365 g/mol. The predicted molar refractivity (Wildman–Crippen MR) is 99.9 cm³/mol. The van der Waals surface area contributed by atoms with Gasteiger partial charge in [0.1, 0.15) is 17.3 Å². The highest BCUT2D eigenvalue weighted by atomic mass is 19.1. The van der Waals surface area contributed by atoms with Crippen molar-refractivity contribution >= 4 is 23.6 Å². The van der Waals surface area contributed by atoms with Crippen LogP contribution >= 0.6 is 0 Å². The zero-order valence-corrected chi connectivity index (χ0v) is 14.4. The van der Waals surface area contributed by atoms with Gasteiger partial charge in [-0.15, -0.1) is 0 Å². The van der Waals surface area contributed by atoms with Gasteiger partial charge in [-0.1, -0.05) is 0 Å². The second-order valence-corrected chi connectivity index (χ2v) is 5.87. The van der Waals surface area contributed by atoms with Crippen LogP contribution in [0.2, 0.25) is 0 Å². The van der Waals surface area contributed by atoms with E-state index in [0.717, 1.165) is 5.56 Å². The number of aryl methyl sites for hydroxylation is 1. The number of nitrogens with one attached hydrogen (secondary N) is 1. The van der Waals surface area contributed by atoms with E-state index in [1.54, 1.807) is 37.3 Å². The van der Waals surface area contributed by atoms with Gasteiger partial charge >= 0.3 is 5.97 Å². The van der Waals surface area contributed by atoms with Crippen LogP contribution in [0.15, 0.2) is 65.1 Å². The number of carbonyl (C=O) groups excluding carboxylic acids is 1. The molecule has 0 spiro atoms. The Kier molecular flexibility index (Phi) is 5.17. The smallest absolute Gasteiger partial charge is 0.335 e. The van der Waals surface area contributed by atoms with Crippen molar-refractivity contribution in [1.82, 2.24) is 0 Å². The first-order valence-electron chi connectivity index (χ1n) is 8.11. The first-order chi connectivity index (χ1) is 12.9. The van der Waals surface area contributed by atoms with Crippen LogP contribution in [0, 0.1) is 12.7 Å². The molecule has 3 aromatic rings. The Morgan fingerprint density at radius 2 is 1.81 bits per heavy atom. The summed E-state index contributed by atoms with van der Waals surface area (Å²) in [5.41, 5.74) is 2.06. The van der Waals surface area contributed by atoms with Crippen molar-refractivity contribution in [3.05, 3.63) is 83.4 Å². The number of hydrogen-bond donors (Lipinski definition) is 2. The summed E-state index contributed by atoms with van der Waals surface area (Å²) in [4.78, 5) is 23.0. The minimum atomic E-state index is -1.02. The number of carbonyl (C=O) groups is 2. The summed E-state index contributed by atoms with van der Waals surface area (Å²) in [5, 5.41) is 11.7. The molecule has 1 heterocycles. The molecule has 0 bridgehead atoms. The van der Waals surface area contributed by atoms with Crippen LogP contribution in [0.4, 0.5) is 10.1 Å². The minimum absolute atomic E-state index is 0.157. The zero-order chi connectivity index (χ0) is 19.4. The van der Waals surface area contributed by atoms with Crippen LogP contribution in [-0.2, 0) is 4.79 Å². The van der Waals surface area contributed by atoms with Crippen molar-refractivity contribution < 1.29 is 23.5 Å². The molecular formula is C21H16FNO4. The van der Waals surface area contributed by atoms with Gasteiger partial charge in [0.15, 0.2) is 0 Å². The van der Waals surface area contributed by atoms with Crippen LogP contribution in [0.1, 0.15) is 21.7 Å². The summed E-state index contributed by atoms with van der Waals surface area (Å²) in [7, 11) is 0. The highest BCUT2D eigenvalue weighted by molar-refractivity contribution is 6.02. The number of rotatable bonds is 5. The fraction of sp³-hybridized carbons (Fsp3) is 0.0476. The number of aromatic carboxylic acids is 1. The monoisotopic (exact) mass is 365 g/mol. The quantitative estimate of drug-likeness (QED) is 0.640. The van der Waals surface area contributed by atoms with Gasteiger partial charge in [0.05, 0.1) is 5.56 Å². The summed E-state index contributed by atoms with van der Waals surface area (Å²) >= 11 is 0. The lowest BCUT2D eigenvalue weighted by Crippen LogP contribution is -2.09. The van der Waals surface area contributed by atoms with Crippen LogP contribution < -0.4 is 5.32 Å². The number of furan rings is 1. The molecule has 1 aromatic heterocycles. The molecule has 0 unspecified atom stereocenters. The molecule has 0 fully saturated rings. The van der Waals surface area contributed by atoms with Crippen LogP contribution in [0.25, 0.3) is 17.4 Å². The van der Waals surface area contributed by atoms with Gasteiger partial charge in [-0.05, 0) is 73.2 Å². The molecule has 0 saturated carbocycles. The Labute approximate surface area is 154 Å². The zero-order valence-electron chi connectivity index (χ0n) is 14.4. The molecule has 0 saturated heterocycles. The highest BCUT2D eigenvalue weighted by Gasteiger charge is 2.08. The SMILES string of the molecule is Cc1cc(C(=O)O)ccc1NC(=O)/C=C/c1ccc(-c2ccc(F)cc2)o1. The maximum absolute atomic E-state index is 13.0. The third kappa shape index (κ3) is 4.49. The molecule has 6 heteroatoms. The third-order valence-electron chi connectivity index (χ3n) is 3.89. The maximum Gasteiger partial charge on any atom is 0.335 e. The molecule has 136 valence electrons. The summed E-state index contributed by atoms with van der Waals surface area (Å²) in [6.45, 7) is 1.72. The lowest BCUT2D eigenvalue weighted by molar-refractivity contribution is -0.111. The van der Waals surface area contributed by atoms with E-state index < -0.39 is 5.97 Å². The molecule has 5 nitrogen and oxygen atoms in total. The second-order valence-electron chi connectivity index (χ2n) is 5.87. The summed E-state index contributed by atoms with van der Waals surface area (Å²) in [6.07, 6.45) is 2.83. The van der Waals surface area contributed by atoms with Crippen molar-refractivity contribution in [2.45, 2.75) is 6.92 Å². The summed E-state index contributed by atoms with van der Waals surface area (Å²) < 4.78 is 18.6. The molecule has 0 radical (unpaired) electrons. The number of amides is 1. The van der Waals surface area contributed by atoms with E-state index in [2.05, 4.69) is 5.32 Å². The third-order valence-corrected chi connectivity index (χ3v) is 3.89. The number of carboxylic acid groups (broad SMARTS) is 1. The first kappa shape index (κ1) is 18.1. The van der Waals surface area contributed by atoms with Crippen molar-refractivity contribution in [1.29, 1.82) is 0 Å². The number of anilines is 1. The van der Waals surface area contributed by atoms with Crippen LogP contribution in [-0.4, -0.2) is 17.0 Å². The summed E-state index contributed by atoms with van der Waals surface area (Å²) in [6, 6.07) is 13.8. The second kappa shape index (κ2) is 7.70. The van der Waals surface area contributed by atoms with E-state index in [1.165, 1.54) is 36.4 Å². The first-order valence-corrected chi connectivity index (χ1v) is 8.11. The van der Waals surface area contributed by atoms with Crippen LogP contribution in [0.3, 0.4) is 0 Å². The van der Waals surface area contributed by atoms with Crippen molar-refractivity contribution in [2.75, 3.05) is 5.32 Å². The Morgan fingerprint density at radius 3 is 2.48 bits per heavy atom. The van der Waals surface area contributed by atoms with Gasteiger partial charge in [0.25, 0.3) is 0 Å². The van der Waals surface area contributed by atoms with E-state index in [1.807, 2.05) is 0 Å². The number of carboxylic acids is 1. The van der Waals surface area contributed by atoms with Gasteiger partial charge in [-0.25, -0.2) is 9.18 Å². The molecule has 0 aliphatic rings. The average Bonchev–Trinajstić information content (AvgIpc) is 3.11. The summed E-state index contributed by atoms with van der Waals surface area (Å²) in [5.74, 6) is -0.682. The molecule has 3 rings (SSSR count). The van der Waals surface area contributed by atoms with Gasteiger partial charge in [-0.2, -0.15) is 0 Å². The molecule has 1 amide bonds. The molecule has 2 N–H and O–H groups in total. The molecule has 0 aliphatic heterocycles. The molecule has 0 atom stereocenters. The van der Waals surface area contributed by atoms with Crippen molar-refractivity contribution in [3.8, 4) is 11.3 Å². The van der Waals surface area contributed by atoms with Crippen LogP contribution in [0.5, 0.6) is 0 Å². The van der Waals surface area contributed by atoms with E-state index in [0.29, 0.717) is 22.8 Å². The Morgan fingerprint density at radius 1 is 1.07 bits per heavy atom. The number of hydrogen-bond acceptors (Lipinski definition) is 3. The minimum Gasteiger partial charge on any atom is -0.478 e. The number of benzene rings is 2.